The first-order valence-corrected chi connectivity index (χ1v) is 12.6. The van der Waals surface area contributed by atoms with Crippen LogP contribution >= 0.6 is 0 Å². The number of nitrogens with zero attached hydrogens (tertiary/aromatic N) is 2. The molecule has 39 heavy (non-hydrogen) atoms. The SMILES string of the molecule is CC(C)(C)OC(=O)NC(=N[C@@H]1[C@H]2OC(C)(C)O[C@H]2[C@@H](C(=O)O)CN1C(=O)OC(C)(C)C)NC(=O)OC(C)(C)C. The predicted molar refractivity (Wildman–Crippen MR) is 138 cm³/mol. The Morgan fingerprint density at radius 3 is 1.67 bits per heavy atom. The molecular weight excluding hydrogens is 516 g/mol. The van der Waals surface area contributed by atoms with Gasteiger partial charge >= 0.3 is 24.2 Å². The summed E-state index contributed by atoms with van der Waals surface area (Å²) in [6, 6.07) is 0. The number of carbonyl (C=O) groups is 4. The summed E-state index contributed by atoms with van der Waals surface area (Å²) >= 11 is 0. The number of amides is 3. The largest absolute Gasteiger partial charge is 0.481 e. The van der Waals surface area contributed by atoms with Crippen LogP contribution in [0.15, 0.2) is 4.99 Å². The Morgan fingerprint density at radius 2 is 1.26 bits per heavy atom. The lowest BCUT2D eigenvalue weighted by molar-refractivity contribution is -0.159. The van der Waals surface area contributed by atoms with E-state index in [2.05, 4.69) is 15.6 Å². The van der Waals surface area contributed by atoms with Crippen LogP contribution < -0.4 is 10.6 Å². The zero-order valence-electron chi connectivity index (χ0n) is 24.5. The molecule has 0 unspecified atom stereocenters. The number of nitrogens with one attached hydrogen (secondary N) is 2. The van der Waals surface area contributed by atoms with E-state index >= 15 is 0 Å². The van der Waals surface area contributed by atoms with E-state index in [1.54, 1.807) is 76.2 Å². The predicted octanol–water partition coefficient (Wildman–Crippen LogP) is 3.19. The van der Waals surface area contributed by atoms with E-state index in [4.69, 9.17) is 23.7 Å². The fourth-order valence-corrected chi connectivity index (χ4v) is 3.85. The molecule has 2 aliphatic rings. The van der Waals surface area contributed by atoms with Crippen LogP contribution in [0.1, 0.15) is 76.2 Å². The first kappa shape index (κ1) is 32.1. The van der Waals surface area contributed by atoms with Crippen molar-refractivity contribution in [1.82, 2.24) is 15.5 Å². The lowest BCUT2D eigenvalue weighted by Gasteiger charge is -2.42. The van der Waals surface area contributed by atoms with E-state index < -0.39 is 77.1 Å². The highest BCUT2D eigenvalue weighted by Gasteiger charge is 2.57. The molecule has 0 spiro atoms. The normalized spacial score (nSPS) is 24.6. The highest BCUT2D eigenvalue weighted by atomic mass is 16.8. The number of piperidine rings is 1. The third-order valence-corrected chi connectivity index (χ3v) is 5.01. The molecule has 3 N–H and O–H groups in total. The van der Waals surface area contributed by atoms with E-state index in [0.717, 1.165) is 4.90 Å². The maximum atomic E-state index is 13.3. The summed E-state index contributed by atoms with van der Waals surface area (Å²) in [6.45, 7) is 17.7. The highest BCUT2D eigenvalue weighted by Crippen LogP contribution is 2.40. The number of carbonyl (C=O) groups excluding carboxylic acids is 3. The third-order valence-electron chi connectivity index (χ3n) is 5.01. The summed E-state index contributed by atoms with van der Waals surface area (Å²) in [5, 5.41) is 14.6. The highest BCUT2D eigenvalue weighted by molar-refractivity contribution is 6.01. The minimum Gasteiger partial charge on any atom is -0.481 e. The molecule has 3 amide bonds. The van der Waals surface area contributed by atoms with Gasteiger partial charge < -0.3 is 28.8 Å². The standard InChI is InChI=1S/C25H42N4O10/c1-22(2,3)37-19(32)27-18(28-20(33)38-23(4,5)6)26-16-15-14(35-25(10,11)36-15)13(17(30)31)12-29(16)21(34)39-24(7,8)9/h13-16H,12H2,1-11H3,(H,30,31)(H2,26,27,28,32,33)/t13-,14-,15-,16-/m0/s1. The molecular formula is C25H42N4O10. The molecule has 0 bridgehead atoms. The van der Waals surface area contributed by atoms with Gasteiger partial charge in [0.15, 0.2) is 12.0 Å². The van der Waals surface area contributed by atoms with E-state index in [-0.39, 0.29) is 6.54 Å². The smallest absolute Gasteiger partial charge is 0.414 e. The second-order valence-electron chi connectivity index (χ2n) is 12.8. The van der Waals surface area contributed by atoms with Gasteiger partial charge in [0.2, 0.25) is 5.96 Å². The van der Waals surface area contributed by atoms with Gasteiger partial charge in [-0.3, -0.25) is 20.3 Å². The van der Waals surface area contributed by atoms with Crippen LogP contribution in [0.4, 0.5) is 14.4 Å². The monoisotopic (exact) mass is 558 g/mol. The van der Waals surface area contributed by atoms with Crippen LogP contribution in [-0.4, -0.2) is 87.7 Å². The molecule has 14 heteroatoms. The molecule has 0 radical (unpaired) electrons. The van der Waals surface area contributed by atoms with Crippen LogP contribution in [0.5, 0.6) is 0 Å². The maximum Gasteiger partial charge on any atom is 0.414 e. The van der Waals surface area contributed by atoms with Gasteiger partial charge in [0.1, 0.15) is 34.9 Å². The molecule has 2 saturated heterocycles. The van der Waals surface area contributed by atoms with E-state index in [1.807, 2.05) is 0 Å². The van der Waals surface area contributed by atoms with Gasteiger partial charge in [0, 0.05) is 6.54 Å². The van der Waals surface area contributed by atoms with Gasteiger partial charge in [0.05, 0.1) is 0 Å². The fourth-order valence-electron chi connectivity index (χ4n) is 3.85. The molecule has 2 aliphatic heterocycles. The Balaban J connectivity index is 2.58. The van der Waals surface area contributed by atoms with Crippen LogP contribution in [-0.2, 0) is 28.5 Å². The average molecular weight is 559 g/mol. The molecule has 0 aliphatic carbocycles. The number of guanidine groups is 1. The number of fused-ring (bicyclic) bond motifs is 1. The van der Waals surface area contributed by atoms with E-state index in [1.165, 1.54) is 0 Å². The number of carboxylic acid groups (broad SMARTS) is 1. The van der Waals surface area contributed by atoms with E-state index in [0.29, 0.717) is 0 Å². The number of likely N-dealkylation sites (tertiary alicyclic amines) is 1. The minimum atomic E-state index is -1.28. The van der Waals surface area contributed by atoms with Gasteiger partial charge in [-0.05, 0) is 76.2 Å². The summed E-state index contributed by atoms with van der Waals surface area (Å²) in [4.78, 5) is 56.1. The first-order valence-electron chi connectivity index (χ1n) is 12.6. The summed E-state index contributed by atoms with van der Waals surface area (Å²) in [5.74, 6) is -4.01. The lowest BCUT2D eigenvalue weighted by atomic mass is 9.90. The molecule has 0 aromatic rings. The van der Waals surface area contributed by atoms with Crippen molar-refractivity contribution in [2.24, 2.45) is 10.9 Å². The summed E-state index contributed by atoms with van der Waals surface area (Å²) in [6.07, 6.45) is -6.14. The van der Waals surface area contributed by atoms with Crippen LogP contribution in [0, 0.1) is 5.92 Å². The average Bonchev–Trinajstić information content (AvgIpc) is 2.98. The maximum absolute atomic E-state index is 13.3. The molecule has 2 rings (SSSR count). The van der Waals surface area contributed by atoms with Crippen molar-refractivity contribution < 1.29 is 48.0 Å². The quantitative estimate of drug-likeness (QED) is 0.259. The Kier molecular flexibility index (Phi) is 9.18. The van der Waals surface area contributed by atoms with Crippen LogP contribution in [0.2, 0.25) is 0 Å². The molecule has 4 atom stereocenters. The second-order valence-corrected chi connectivity index (χ2v) is 12.8. The van der Waals surface area contributed by atoms with Crippen molar-refractivity contribution in [3.8, 4) is 0 Å². The topological polar surface area (TPSA) is 174 Å². The van der Waals surface area contributed by atoms with Crippen molar-refractivity contribution >= 4 is 30.2 Å². The van der Waals surface area contributed by atoms with E-state index in [9.17, 15) is 24.3 Å². The van der Waals surface area contributed by atoms with Crippen LogP contribution in [0.25, 0.3) is 0 Å². The van der Waals surface area contributed by atoms with Gasteiger partial charge in [0.25, 0.3) is 0 Å². The Hall–Kier alpha value is -3.13. The van der Waals surface area contributed by atoms with Gasteiger partial charge in [-0.2, -0.15) is 0 Å². The Bertz CT molecular complexity index is 958. The van der Waals surface area contributed by atoms with Crippen molar-refractivity contribution in [2.75, 3.05) is 6.54 Å². The number of alkyl carbamates (subject to hydrolysis) is 2. The minimum absolute atomic E-state index is 0.342. The molecule has 0 saturated carbocycles. The second kappa shape index (κ2) is 11.2. The number of hydrogen-bond donors (Lipinski definition) is 3. The van der Waals surface area contributed by atoms with Crippen LogP contribution in [0.3, 0.4) is 0 Å². The number of aliphatic carboxylic acids is 1. The summed E-state index contributed by atoms with van der Waals surface area (Å²) < 4.78 is 28.0. The zero-order chi connectivity index (χ0) is 30.1. The molecule has 0 aromatic carbocycles. The fraction of sp³-hybridized carbons (Fsp3) is 0.800. The molecule has 2 heterocycles. The van der Waals surface area contributed by atoms with Crippen molar-refractivity contribution in [2.45, 2.75) is 117 Å². The van der Waals surface area contributed by atoms with Crippen molar-refractivity contribution in [1.29, 1.82) is 0 Å². The molecule has 2 fully saturated rings. The Labute approximate surface area is 228 Å². The molecule has 14 nitrogen and oxygen atoms in total. The first-order chi connectivity index (χ1) is 17.5. The lowest BCUT2D eigenvalue weighted by Crippen LogP contribution is -2.62. The van der Waals surface area contributed by atoms with Gasteiger partial charge in [-0.25, -0.2) is 19.4 Å². The number of aliphatic imine (C=N–C) groups is 1. The van der Waals surface area contributed by atoms with Gasteiger partial charge in [-0.15, -0.1) is 0 Å². The third kappa shape index (κ3) is 9.84. The summed E-state index contributed by atoms with van der Waals surface area (Å²) in [5.41, 5.74) is -2.67. The number of hydrogen-bond acceptors (Lipinski definition) is 10. The van der Waals surface area contributed by atoms with Gasteiger partial charge in [-0.1, -0.05) is 0 Å². The molecule has 222 valence electrons. The number of ether oxygens (including phenoxy) is 5. The van der Waals surface area contributed by atoms with Crippen molar-refractivity contribution in [3.63, 3.8) is 0 Å². The summed E-state index contributed by atoms with van der Waals surface area (Å²) in [7, 11) is 0. The zero-order valence-corrected chi connectivity index (χ0v) is 24.5. The molecule has 0 aromatic heterocycles. The number of rotatable bonds is 2. The van der Waals surface area contributed by atoms with Crippen molar-refractivity contribution in [3.05, 3.63) is 0 Å². The number of carboxylic acids is 1. The Morgan fingerprint density at radius 1 is 0.821 bits per heavy atom.